The summed E-state index contributed by atoms with van der Waals surface area (Å²) in [6.45, 7) is 3.81. The van der Waals surface area contributed by atoms with Crippen molar-refractivity contribution in [3.8, 4) is 0 Å². The molecule has 0 spiro atoms. The van der Waals surface area contributed by atoms with Crippen molar-refractivity contribution >= 4 is 17.8 Å². The first-order chi connectivity index (χ1) is 11.4. The molecule has 0 aliphatic heterocycles. The number of hydroxylamine groups is 1. The monoisotopic (exact) mass is 336 g/mol. The molecular weight excluding hydrogens is 312 g/mol. The summed E-state index contributed by atoms with van der Waals surface area (Å²) in [6, 6.07) is 8.11. The van der Waals surface area contributed by atoms with Gasteiger partial charge in [-0.1, -0.05) is 44.2 Å². The van der Waals surface area contributed by atoms with Crippen LogP contribution in [0.1, 0.15) is 25.8 Å². The summed E-state index contributed by atoms with van der Waals surface area (Å²) >= 11 is 0. The van der Waals surface area contributed by atoms with Crippen molar-refractivity contribution in [3.63, 3.8) is 0 Å². The van der Waals surface area contributed by atoms with E-state index in [1.807, 2.05) is 19.9 Å². The van der Waals surface area contributed by atoms with E-state index in [2.05, 4.69) is 5.32 Å². The van der Waals surface area contributed by atoms with Crippen molar-refractivity contribution < 1.29 is 24.3 Å². The highest BCUT2D eigenvalue weighted by atomic mass is 16.5. The highest BCUT2D eigenvalue weighted by molar-refractivity contribution is 6.01. The van der Waals surface area contributed by atoms with Gasteiger partial charge in [0.25, 0.3) is 5.91 Å². The third-order valence-corrected chi connectivity index (χ3v) is 3.54. The molecule has 0 aromatic heterocycles. The number of hydrogen-bond donors (Lipinski definition) is 3. The van der Waals surface area contributed by atoms with E-state index in [1.165, 1.54) is 12.6 Å². The molecule has 1 unspecified atom stereocenters. The van der Waals surface area contributed by atoms with Crippen LogP contribution in [0.15, 0.2) is 30.3 Å². The van der Waals surface area contributed by atoms with Gasteiger partial charge in [-0.25, -0.2) is 10.3 Å². The summed E-state index contributed by atoms with van der Waals surface area (Å²) in [7, 11) is 1.24. The maximum Gasteiger partial charge on any atom is 0.328 e. The van der Waals surface area contributed by atoms with Gasteiger partial charge >= 0.3 is 5.97 Å². The fraction of sp³-hybridized carbons (Fsp3) is 0.471. The van der Waals surface area contributed by atoms with Gasteiger partial charge in [-0.15, -0.1) is 0 Å². The Labute approximate surface area is 141 Å². The zero-order chi connectivity index (χ0) is 18.1. The Balaban J connectivity index is 2.90. The normalized spacial score (nSPS) is 13.0. The van der Waals surface area contributed by atoms with Gasteiger partial charge in [0.1, 0.15) is 12.0 Å². The van der Waals surface area contributed by atoms with Crippen LogP contribution in [0.2, 0.25) is 0 Å². The Hall–Kier alpha value is -2.41. The van der Waals surface area contributed by atoms with Gasteiger partial charge in [0.2, 0.25) is 5.91 Å². The van der Waals surface area contributed by atoms with Gasteiger partial charge < -0.3 is 10.1 Å². The minimum atomic E-state index is -1.16. The van der Waals surface area contributed by atoms with E-state index >= 15 is 0 Å². The molecule has 0 saturated heterocycles. The van der Waals surface area contributed by atoms with Crippen LogP contribution >= 0.6 is 0 Å². The molecule has 7 nitrogen and oxygen atoms in total. The average Bonchev–Trinajstić information content (AvgIpc) is 2.58. The lowest BCUT2D eigenvalue weighted by molar-refractivity contribution is -0.148. The Morgan fingerprint density at radius 1 is 1.12 bits per heavy atom. The number of ether oxygens (including phenoxy) is 1. The lowest BCUT2D eigenvalue weighted by Crippen LogP contribution is -2.48. The second-order valence-electron chi connectivity index (χ2n) is 5.93. The number of carbonyl (C=O) groups excluding carboxylic acids is 3. The largest absolute Gasteiger partial charge is 0.467 e. The molecule has 0 aliphatic carbocycles. The molecule has 132 valence electrons. The van der Waals surface area contributed by atoms with E-state index in [0.29, 0.717) is 6.42 Å². The van der Waals surface area contributed by atoms with Crippen molar-refractivity contribution in [2.24, 2.45) is 11.8 Å². The van der Waals surface area contributed by atoms with Crippen LogP contribution in [-0.4, -0.2) is 36.1 Å². The Bertz CT molecular complexity index is 559. The number of nitrogens with one attached hydrogen (secondary N) is 2. The molecule has 0 fully saturated rings. The predicted molar refractivity (Wildman–Crippen MR) is 87.0 cm³/mol. The van der Waals surface area contributed by atoms with Gasteiger partial charge in [-0.3, -0.25) is 14.8 Å². The Morgan fingerprint density at radius 2 is 1.75 bits per heavy atom. The standard InChI is InChI=1S/C17H24N2O5/c1-11(2)9-14(17(22)24-3)18-15(20)13(16(21)19-23)10-12-7-5-4-6-8-12/h4-8,11,13-14,23H,9-10H2,1-3H3,(H,18,20)(H,19,21)/t13?,14-/m0/s1. The fourth-order valence-electron chi connectivity index (χ4n) is 2.33. The summed E-state index contributed by atoms with van der Waals surface area (Å²) in [4.78, 5) is 36.1. The first-order valence-corrected chi connectivity index (χ1v) is 7.75. The first-order valence-electron chi connectivity index (χ1n) is 7.75. The molecular formula is C17H24N2O5. The molecule has 1 aromatic rings. The Kier molecular flexibility index (Phi) is 7.91. The van der Waals surface area contributed by atoms with Gasteiger partial charge in [0, 0.05) is 0 Å². The zero-order valence-corrected chi connectivity index (χ0v) is 14.1. The summed E-state index contributed by atoms with van der Waals surface area (Å²) in [5.74, 6) is -3.05. The number of benzene rings is 1. The van der Waals surface area contributed by atoms with Crippen molar-refractivity contribution in [1.82, 2.24) is 10.8 Å². The topological polar surface area (TPSA) is 105 Å². The van der Waals surface area contributed by atoms with E-state index in [-0.39, 0.29) is 12.3 Å². The quantitative estimate of drug-likeness (QED) is 0.285. The SMILES string of the molecule is COC(=O)[C@H](CC(C)C)NC(=O)C(Cc1ccccc1)C(=O)NO. The van der Waals surface area contributed by atoms with E-state index in [1.54, 1.807) is 24.3 Å². The lowest BCUT2D eigenvalue weighted by Gasteiger charge is -2.21. The molecule has 1 rings (SSSR count). The van der Waals surface area contributed by atoms with Crippen molar-refractivity contribution in [2.75, 3.05) is 7.11 Å². The molecule has 2 atom stereocenters. The third-order valence-electron chi connectivity index (χ3n) is 3.54. The zero-order valence-electron chi connectivity index (χ0n) is 14.1. The third kappa shape index (κ3) is 6.00. The average molecular weight is 336 g/mol. The van der Waals surface area contributed by atoms with Crippen LogP contribution < -0.4 is 10.8 Å². The van der Waals surface area contributed by atoms with Crippen LogP contribution in [0.25, 0.3) is 0 Å². The fourth-order valence-corrected chi connectivity index (χ4v) is 2.33. The number of methoxy groups -OCH3 is 1. The molecule has 24 heavy (non-hydrogen) atoms. The Morgan fingerprint density at radius 3 is 2.25 bits per heavy atom. The lowest BCUT2D eigenvalue weighted by atomic mass is 9.96. The second-order valence-corrected chi connectivity index (χ2v) is 5.93. The number of carbonyl (C=O) groups is 3. The minimum Gasteiger partial charge on any atom is -0.467 e. The number of esters is 1. The van der Waals surface area contributed by atoms with E-state index < -0.39 is 29.7 Å². The highest BCUT2D eigenvalue weighted by Gasteiger charge is 2.31. The van der Waals surface area contributed by atoms with E-state index in [4.69, 9.17) is 9.94 Å². The molecule has 0 saturated carbocycles. The number of amides is 2. The molecule has 0 radical (unpaired) electrons. The minimum absolute atomic E-state index is 0.106. The van der Waals surface area contributed by atoms with Gasteiger partial charge in [0.05, 0.1) is 7.11 Å². The molecule has 0 bridgehead atoms. The van der Waals surface area contributed by atoms with E-state index in [9.17, 15) is 14.4 Å². The van der Waals surface area contributed by atoms with Crippen LogP contribution in [0.4, 0.5) is 0 Å². The molecule has 1 aromatic carbocycles. The first kappa shape index (κ1) is 19.6. The molecule has 0 aliphatic rings. The highest BCUT2D eigenvalue weighted by Crippen LogP contribution is 2.12. The number of hydrogen-bond acceptors (Lipinski definition) is 5. The molecule has 3 N–H and O–H groups in total. The number of rotatable bonds is 8. The van der Waals surface area contributed by atoms with Crippen LogP contribution in [0, 0.1) is 11.8 Å². The second kappa shape index (κ2) is 9.67. The molecule has 0 heterocycles. The van der Waals surface area contributed by atoms with Gasteiger partial charge in [-0.2, -0.15) is 0 Å². The molecule has 7 heteroatoms. The van der Waals surface area contributed by atoms with Gasteiger partial charge in [-0.05, 0) is 24.3 Å². The van der Waals surface area contributed by atoms with Crippen molar-refractivity contribution in [1.29, 1.82) is 0 Å². The van der Waals surface area contributed by atoms with Crippen molar-refractivity contribution in [2.45, 2.75) is 32.7 Å². The smallest absolute Gasteiger partial charge is 0.328 e. The van der Waals surface area contributed by atoms with Crippen molar-refractivity contribution in [3.05, 3.63) is 35.9 Å². The maximum absolute atomic E-state index is 12.5. The molecule has 2 amide bonds. The predicted octanol–water partition coefficient (Wildman–Crippen LogP) is 1.05. The van der Waals surface area contributed by atoms with Gasteiger partial charge in [0.15, 0.2) is 0 Å². The summed E-state index contributed by atoms with van der Waals surface area (Å²) in [5, 5.41) is 11.4. The van der Waals surface area contributed by atoms with E-state index in [0.717, 1.165) is 5.56 Å². The summed E-state index contributed by atoms with van der Waals surface area (Å²) in [6.07, 6.45) is 0.492. The maximum atomic E-state index is 12.5. The summed E-state index contributed by atoms with van der Waals surface area (Å²) in [5.41, 5.74) is 2.27. The van der Waals surface area contributed by atoms with Crippen LogP contribution in [-0.2, 0) is 25.5 Å². The van der Waals surface area contributed by atoms with Crippen LogP contribution in [0.3, 0.4) is 0 Å². The summed E-state index contributed by atoms with van der Waals surface area (Å²) < 4.78 is 4.70. The van der Waals surface area contributed by atoms with Crippen LogP contribution in [0.5, 0.6) is 0 Å².